The first-order valence-corrected chi connectivity index (χ1v) is 9.48. The van der Waals surface area contributed by atoms with E-state index in [0.717, 1.165) is 0 Å². The van der Waals surface area contributed by atoms with Crippen LogP contribution in [0.15, 0.2) is 0 Å². The summed E-state index contributed by atoms with van der Waals surface area (Å²) in [5.74, 6) is 3.00. The minimum absolute atomic E-state index is 0.183. The third kappa shape index (κ3) is 5.13. The summed E-state index contributed by atoms with van der Waals surface area (Å²) in [6.07, 6.45) is 1.30. The number of nitrogens with one attached hydrogen (secondary N) is 1. The van der Waals surface area contributed by atoms with Gasteiger partial charge in [-0.25, -0.2) is 8.93 Å². The van der Waals surface area contributed by atoms with Crippen molar-refractivity contribution < 1.29 is 4.21 Å². The second-order valence-corrected chi connectivity index (χ2v) is 10.5. The third-order valence-electron chi connectivity index (χ3n) is 2.66. The van der Waals surface area contributed by atoms with Crippen molar-refractivity contribution in [3.8, 4) is 0 Å². The van der Waals surface area contributed by atoms with Crippen molar-refractivity contribution in [1.29, 1.82) is 0 Å². The first kappa shape index (κ1) is 15.9. The summed E-state index contributed by atoms with van der Waals surface area (Å²) in [5, 5.41) is 0. The normalized spacial score (nSPS) is 22.7. The number of thioether (sulfide) groups is 2. The van der Waals surface area contributed by atoms with E-state index in [1.807, 2.05) is 44.3 Å². The Morgan fingerprint density at radius 3 is 2.18 bits per heavy atom. The second kappa shape index (κ2) is 6.83. The van der Waals surface area contributed by atoms with Gasteiger partial charge in [-0.1, -0.05) is 13.8 Å². The fraction of sp³-hybridized carbons (Fsp3) is 1.00. The van der Waals surface area contributed by atoms with Gasteiger partial charge in [0.1, 0.15) is 0 Å². The zero-order valence-corrected chi connectivity index (χ0v) is 13.9. The first-order chi connectivity index (χ1) is 7.82. The molecule has 102 valence electrons. The van der Waals surface area contributed by atoms with Gasteiger partial charge in [-0.05, 0) is 44.6 Å². The Hall–Kier alpha value is 0.810. The van der Waals surface area contributed by atoms with Crippen LogP contribution in [0.2, 0.25) is 0 Å². The van der Waals surface area contributed by atoms with Gasteiger partial charge in [0.05, 0.1) is 20.3 Å². The highest BCUT2D eigenvalue weighted by Crippen LogP contribution is 2.35. The molecule has 2 nitrogen and oxygen atoms in total. The summed E-state index contributed by atoms with van der Waals surface area (Å²) in [4.78, 5) is 0. The van der Waals surface area contributed by atoms with Crippen LogP contribution in [0.25, 0.3) is 0 Å². The molecular formula is C12H25NOS3. The van der Waals surface area contributed by atoms with Gasteiger partial charge in [-0.2, -0.15) is 0 Å². The molecular weight excluding hydrogens is 270 g/mol. The molecule has 0 spiro atoms. The average Bonchev–Trinajstić information content (AvgIpc) is 2.25. The van der Waals surface area contributed by atoms with Crippen LogP contribution in [-0.4, -0.2) is 31.1 Å². The summed E-state index contributed by atoms with van der Waals surface area (Å²) in [6.45, 7) is 10.5. The van der Waals surface area contributed by atoms with Gasteiger partial charge in [0.15, 0.2) is 0 Å². The summed E-state index contributed by atoms with van der Waals surface area (Å²) >= 11 is 4.04. The highest BCUT2D eigenvalue weighted by molar-refractivity contribution is 8.17. The molecule has 0 unspecified atom stereocenters. The van der Waals surface area contributed by atoms with Crippen molar-refractivity contribution in [3.05, 3.63) is 0 Å². The minimum atomic E-state index is -0.966. The van der Waals surface area contributed by atoms with Crippen molar-refractivity contribution in [2.75, 3.05) is 11.5 Å². The van der Waals surface area contributed by atoms with Crippen LogP contribution in [0.4, 0.5) is 0 Å². The lowest BCUT2D eigenvalue weighted by Gasteiger charge is -2.34. The highest BCUT2D eigenvalue weighted by atomic mass is 32.2. The molecule has 2 atom stereocenters. The Kier molecular flexibility index (Phi) is 6.37. The number of hydrogen-bond acceptors (Lipinski definition) is 3. The molecule has 5 heteroatoms. The molecule has 0 bridgehead atoms. The van der Waals surface area contributed by atoms with Crippen LogP contribution < -0.4 is 4.72 Å². The molecule has 0 saturated carbocycles. The minimum Gasteiger partial charge on any atom is -0.242 e. The maximum atomic E-state index is 12.2. The first-order valence-electron chi connectivity index (χ1n) is 6.23. The van der Waals surface area contributed by atoms with Crippen molar-refractivity contribution in [1.82, 2.24) is 4.72 Å². The molecule has 1 rings (SSSR count). The van der Waals surface area contributed by atoms with Crippen LogP contribution in [0.5, 0.6) is 0 Å². The van der Waals surface area contributed by atoms with Crippen LogP contribution in [0, 0.1) is 5.92 Å². The quantitative estimate of drug-likeness (QED) is 0.863. The lowest BCUT2D eigenvalue weighted by molar-refractivity contribution is 0.481. The van der Waals surface area contributed by atoms with Gasteiger partial charge < -0.3 is 0 Å². The zero-order chi connectivity index (χ0) is 13.1. The topological polar surface area (TPSA) is 29.1 Å². The molecule has 1 aliphatic rings. The SMILES string of the molecule is CC(C)[C@H](N[S@](=O)C(C)(C)C)C1SCCCS1. The molecule has 0 amide bonds. The summed E-state index contributed by atoms with van der Waals surface area (Å²) < 4.78 is 15.9. The van der Waals surface area contributed by atoms with Crippen LogP contribution in [0.1, 0.15) is 41.0 Å². The molecule has 0 aromatic heterocycles. The Morgan fingerprint density at radius 2 is 1.76 bits per heavy atom. The third-order valence-corrected chi connectivity index (χ3v) is 7.37. The van der Waals surface area contributed by atoms with Gasteiger partial charge in [0.25, 0.3) is 0 Å². The molecule has 0 aromatic carbocycles. The molecule has 1 aliphatic heterocycles. The van der Waals surface area contributed by atoms with Gasteiger partial charge in [-0.3, -0.25) is 0 Å². The predicted octanol–water partition coefficient (Wildman–Crippen LogP) is 3.26. The Morgan fingerprint density at radius 1 is 1.24 bits per heavy atom. The average molecular weight is 296 g/mol. The Balaban J connectivity index is 2.63. The van der Waals surface area contributed by atoms with Crippen LogP contribution in [-0.2, 0) is 11.0 Å². The van der Waals surface area contributed by atoms with Crippen LogP contribution in [0.3, 0.4) is 0 Å². The predicted molar refractivity (Wildman–Crippen MR) is 83.0 cm³/mol. The molecule has 0 aromatic rings. The van der Waals surface area contributed by atoms with Crippen molar-refractivity contribution in [3.63, 3.8) is 0 Å². The molecule has 1 fully saturated rings. The molecule has 17 heavy (non-hydrogen) atoms. The standard InChI is InChI=1S/C12H25NOS3/c1-9(2)10(11-15-7-6-8-16-11)13-17(14)12(3,4)5/h9-11,13H,6-8H2,1-5H3/t10-,17+/m0/s1. The maximum Gasteiger partial charge on any atom is 0.0973 e. The van der Waals surface area contributed by atoms with Gasteiger partial charge in [0.2, 0.25) is 0 Å². The van der Waals surface area contributed by atoms with E-state index < -0.39 is 11.0 Å². The van der Waals surface area contributed by atoms with Crippen molar-refractivity contribution in [2.24, 2.45) is 5.92 Å². The fourth-order valence-electron chi connectivity index (χ4n) is 1.52. The fourth-order valence-corrected chi connectivity index (χ4v) is 6.11. The molecule has 0 radical (unpaired) electrons. The Bertz CT molecular complexity index is 257. The Labute approximate surface area is 117 Å². The van der Waals surface area contributed by atoms with E-state index >= 15 is 0 Å². The largest absolute Gasteiger partial charge is 0.242 e. The van der Waals surface area contributed by atoms with E-state index in [4.69, 9.17) is 0 Å². The van der Waals surface area contributed by atoms with Crippen molar-refractivity contribution in [2.45, 2.75) is 56.4 Å². The lowest BCUT2D eigenvalue weighted by atomic mass is 10.1. The lowest BCUT2D eigenvalue weighted by Crippen LogP contribution is -2.47. The second-order valence-electron chi connectivity index (χ2n) is 5.73. The molecule has 1 saturated heterocycles. The van der Waals surface area contributed by atoms with E-state index in [1.54, 1.807) is 0 Å². The van der Waals surface area contributed by atoms with Crippen LogP contribution >= 0.6 is 23.5 Å². The monoisotopic (exact) mass is 295 g/mol. The van der Waals surface area contributed by atoms with E-state index in [2.05, 4.69) is 18.6 Å². The molecule has 0 aliphatic carbocycles. The van der Waals surface area contributed by atoms with Crippen molar-refractivity contribution >= 4 is 34.5 Å². The summed E-state index contributed by atoms with van der Waals surface area (Å²) in [6, 6.07) is 0.338. The van der Waals surface area contributed by atoms with E-state index in [-0.39, 0.29) is 4.75 Å². The summed E-state index contributed by atoms with van der Waals surface area (Å²) in [5.41, 5.74) is 0. The maximum absolute atomic E-state index is 12.2. The molecule has 1 N–H and O–H groups in total. The van der Waals surface area contributed by atoms with E-state index in [9.17, 15) is 4.21 Å². The van der Waals surface area contributed by atoms with Gasteiger partial charge in [0, 0.05) is 6.04 Å². The highest BCUT2D eigenvalue weighted by Gasteiger charge is 2.31. The van der Waals surface area contributed by atoms with Gasteiger partial charge >= 0.3 is 0 Å². The molecule has 1 heterocycles. The van der Waals surface area contributed by atoms with E-state index in [0.29, 0.717) is 16.5 Å². The van der Waals surface area contributed by atoms with Gasteiger partial charge in [-0.15, -0.1) is 23.5 Å². The van der Waals surface area contributed by atoms with E-state index in [1.165, 1.54) is 17.9 Å². The zero-order valence-electron chi connectivity index (χ0n) is 11.5. The smallest absolute Gasteiger partial charge is 0.0973 e. The number of hydrogen-bond donors (Lipinski definition) is 1. The number of rotatable bonds is 4. The summed E-state index contributed by atoms with van der Waals surface area (Å²) in [7, 11) is -0.966.